The van der Waals surface area contributed by atoms with Gasteiger partial charge in [-0.1, -0.05) is 30.3 Å². The second kappa shape index (κ2) is 10.2. The number of nitrogens with one attached hydrogen (secondary N) is 1. The van der Waals surface area contributed by atoms with Crippen LogP contribution in [0.1, 0.15) is 21.6 Å². The number of halogens is 4. The lowest BCUT2D eigenvalue weighted by molar-refractivity contribution is -0.274. The molecule has 2 amide bonds. The van der Waals surface area contributed by atoms with Gasteiger partial charge in [0, 0.05) is 36.7 Å². The summed E-state index contributed by atoms with van der Waals surface area (Å²) >= 11 is 0. The molecule has 39 heavy (non-hydrogen) atoms. The fraction of sp³-hybridized carbons (Fsp3) is 0.185. The number of alkyl halides is 3. The summed E-state index contributed by atoms with van der Waals surface area (Å²) in [5.74, 6) is -2.49. The Bertz CT molecular complexity index is 1640. The Balaban J connectivity index is 1.33. The number of hydrogen-bond donors (Lipinski definition) is 1. The lowest BCUT2D eigenvalue weighted by Crippen LogP contribution is -2.52. The second-order valence-corrected chi connectivity index (χ2v) is 8.85. The number of H-pyrrole nitrogens is 1. The number of carbonyl (C=O) groups excluding carboxylic acids is 2. The van der Waals surface area contributed by atoms with Crippen molar-refractivity contribution in [1.29, 1.82) is 0 Å². The number of anilines is 1. The van der Waals surface area contributed by atoms with E-state index in [1.165, 1.54) is 34.1 Å². The van der Waals surface area contributed by atoms with Crippen molar-refractivity contribution in [2.45, 2.75) is 12.8 Å². The van der Waals surface area contributed by atoms with Crippen molar-refractivity contribution in [3.05, 3.63) is 99.7 Å². The molecule has 1 N–H and O–H groups in total. The topological polar surface area (TPSA) is 95.6 Å². The molecule has 0 spiro atoms. The zero-order chi connectivity index (χ0) is 27.7. The van der Waals surface area contributed by atoms with Gasteiger partial charge in [0.05, 0.1) is 16.6 Å². The van der Waals surface area contributed by atoms with E-state index in [0.717, 1.165) is 18.2 Å². The summed E-state index contributed by atoms with van der Waals surface area (Å²) in [6.07, 6.45) is -4.67. The Kier molecular flexibility index (Phi) is 6.77. The predicted octanol–water partition coefficient (Wildman–Crippen LogP) is 4.04. The number of hydrogen-bond acceptors (Lipinski definition) is 5. The Morgan fingerprint density at radius 2 is 1.74 bits per heavy atom. The lowest BCUT2D eigenvalue weighted by atomic mass is 10.0. The summed E-state index contributed by atoms with van der Waals surface area (Å²) in [6.45, 7) is -0.363. The molecule has 0 radical (unpaired) electrons. The molecular weight excluding hydrogens is 520 g/mol. The van der Waals surface area contributed by atoms with E-state index in [2.05, 4.69) is 14.9 Å². The van der Waals surface area contributed by atoms with Gasteiger partial charge in [-0.3, -0.25) is 14.4 Å². The summed E-state index contributed by atoms with van der Waals surface area (Å²) in [5.41, 5.74) is 0.713. The molecule has 0 bridgehead atoms. The molecule has 1 aliphatic rings. The first-order valence-electron chi connectivity index (χ1n) is 11.8. The van der Waals surface area contributed by atoms with Crippen LogP contribution in [0.4, 0.5) is 23.2 Å². The summed E-state index contributed by atoms with van der Waals surface area (Å²) in [4.78, 5) is 40.5. The van der Waals surface area contributed by atoms with Crippen molar-refractivity contribution in [1.82, 2.24) is 15.1 Å². The van der Waals surface area contributed by atoms with Gasteiger partial charge in [-0.15, -0.1) is 13.2 Å². The highest BCUT2D eigenvalue weighted by Crippen LogP contribution is 2.28. The van der Waals surface area contributed by atoms with Gasteiger partial charge in [0.2, 0.25) is 5.91 Å². The van der Waals surface area contributed by atoms with E-state index in [9.17, 15) is 31.9 Å². The predicted molar refractivity (Wildman–Crippen MR) is 133 cm³/mol. The maximum atomic E-state index is 14.7. The Morgan fingerprint density at radius 3 is 2.49 bits per heavy atom. The SMILES string of the molecule is O=C(c1cc(Cc2n[nH]c(=O)c3ccccc23)ccc1F)N1CCN(c2cccc(OC(F)(F)F)c2)C(=O)C1. The molecule has 4 aromatic rings. The number of ether oxygens (including phenoxy) is 1. The number of nitrogens with zero attached hydrogens (tertiary/aromatic N) is 3. The molecule has 0 saturated carbocycles. The van der Waals surface area contributed by atoms with Crippen LogP contribution < -0.4 is 15.2 Å². The van der Waals surface area contributed by atoms with Gasteiger partial charge in [0.25, 0.3) is 11.5 Å². The monoisotopic (exact) mass is 540 g/mol. The van der Waals surface area contributed by atoms with Crippen molar-refractivity contribution < 1.29 is 31.9 Å². The van der Waals surface area contributed by atoms with Gasteiger partial charge in [-0.25, -0.2) is 9.49 Å². The van der Waals surface area contributed by atoms with E-state index in [0.29, 0.717) is 22.0 Å². The van der Waals surface area contributed by atoms with Crippen LogP contribution in [0, 0.1) is 5.82 Å². The first-order valence-corrected chi connectivity index (χ1v) is 11.8. The van der Waals surface area contributed by atoms with E-state index < -0.39 is 29.7 Å². The molecule has 2 heterocycles. The zero-order valence-corrected chi connectivity index (χ0v) is 20.2. The second-order valence-electron chi connectivity index (χ2n) is 8.85. The van der Waals surface area contributed by atoms with Crippen LogP contribution in [0.3, 0.4) is 0 Å². The highest BCUT2D eigenvalue weighted by Gasteiger charge is 2.33. The molecule has 5 rings (SSSR count). The van der Waals surface area contributed by atoms with E-state index >= 15 is 0 Å². The third-order valence-corrected chi connectivity index (χ3v) is 6.28. The molecule has 0 aliphatic carbocycles. The van der Waals surface area contributed by atoms with E-state index in [1.807, 2.05) is 0 Å². The van der Waals surface area contributed by atoms with E-state index in [4.69, 9.17) is 0 Å². The molecule has 0 unspecified atom stereocenters. The number of fused-ring (bicyclic) bond motifs is 1. The highest BCUT2D eigenvalue weighted by molar-refractivity contribution is 6.02. The minimum absolute atomic E-state index is 0.00532. The average molecular weight is 540 g/mol. The Hall–Kier alpha value is -4.74. The van der Waals surface area contributed by atoms with Crippen molar-refractivity contribution in [2.24, 2.45) is 0 Å². The highest BCUT2D eigenvalue weighted by atomic mass is 19.4. The average Bonchev–Trinajstić information content (AvgIpc) is 2.90. The number of amides is 2. The number of rotatable bonds is 5. The Labute approximate surface area is 218 Å². The quantitative estimate of drug-likeness (QED) is 0.386. The number of carbonyl (C=O) groups is 2. The first kappa shape index (κ1) is 25.9. The molecule has 1 fully saturated rings. The van der Waals surface area contributed by atoms with Crippen LogP contribution in [-0.2, 0) is 11.2 Å². The van der Waals surface area contributed by atoms with Gasteiger partial charge in [0.1, 0.15) is 18.1 Å². The molecular formula is C27H20F4N4O4. The van der Waals surface area contributed by atoms with Crippen LogP contribution in [0.2, 0.25) is 0 Å². The number of aromatic amines is 1. The fourth-order valence-corrected chi connectivity index (χ4v) is 4.48. The summed E-state index contributed by atoms with van der Waals surface area (Å²) in [5, 5.41) is 7.63. The third kappa shape index (κ3) is 5.59. The summed E-state index contributed by atoms with van der Waals surface area (Å²) in [7, 11) is 0. The van der Waals surface area contributed by atoms with Gasteiger partial charge in [-0.05, 0) is 35.9 Å². The number of benzene rings is 3. The number of aromatic nitrogens is 2. The van der Waals surface area contributed by atoms with Crippen molar-refractivity contribution >= 4 is 28.3 Å². The molecule has 1 aromatic heterocycles. The summed E-state index contributed by atoms with van der Waals surface area (Å²) < 4.78 is 56.3. The molecule has 3 aromatic carbocycles. The molecule has 200 valence electrons. The zero-order valence-electron chi connectivity index (χ0n) is 20.2. The van der Waals surface area contributed by atoms with Crippen molar-refractivity contribution in [2.75, 3.05) is 24.5 Å². The maximum Gasteiger partial charge on any atom is 0.573 e. The van der Waals surface area contributed by atoms with Gasteiger partial charge >= 0.3 is 6.36 Å². The minimum atomic E-state index is -4.88. The first-order chi connectivity index (χ1) is 18.6. The van der Waals surface area contributed by atoms with Crippen LogP contribution in [-0.4, -0.2) is 52.9 Å². The van der Waals surface area contributed by atoms with Gasteiger partial charge < -0.3 is 14.5 Å². The third-order valence-electron chi connectivity index (χ3n) is 6.28. The van der Waals surface area contributed by atoms with Crippen LogP contribution in [0.5, 0.6) is 5.75 Å². The fourth-order valence-electron chi connectivity index (χ4n) is 4.48. The number of piperazine rings is 1. The van der Waals surface area contributed by atoms with Crippen LogP contribution in [0.25, 0.3) is 10.8 Å². The summed E-state index contributed by atoms with van der Waals surface area (Å²) in [6, 6.07) is 15.9. The smallest absolute Gasteiger partial charge is 0.406 e. The van der Waals surface area contributed by atoms with Crippen LogP contribution in [0.15, 0.2) is 71.5 Å². The lowest BCUT2D eigenvalue weighted by Gasteiger charge is -2.34. The van der Waals surface area contributed by atoms with Crippen molar-refractivity contribution in [3.8, 4) is 5.75 Å². The largest absolute Gasteiger partial charge is 0.573 e. The molecule has 8 nitrogen and oxygen atoms in total. The normalized spacial score (nSPS) is 14.1. The Morgan fingerprint density at radius 1 is 0.974 bits per heavy atom. The standard InChI is InChI=1S/C27H20F4N4O4/c28-22-9-8-16(13-23-19-6-1-2-7-20(19)25(37)33-32-23)12-21(22)26(38)34-10-11-35(24(36)15-34)17-4-3-5-18(14-17)39-27(29,30)31/h1-9,12,14H,10-11,13,15H2,(H,33,37). The molecule has 0 atom stereocenters. The molecule has 1 aliphatic heterocycles. The maximum absolute atomic E-state index is 14.7. The van der Waals surface area contributed by atoms with Gasteiger partial charge in [0.15, 0.2) is 0 Å². The van der Waals surface area contributed by atoms with E-state index in [-0.39, 0.29) is 42.9 Å². The van der Waals surface area contributed by atoms with E-state index in [1.54, 1.807) is 24.3 Å². The minimum Gasteiger partial charge on any atom is -0.406 e. The van der Waals surface area contributed by atoms with Crippen molar-refractivity contribution in [3.63, 3.8) is 0 Å². The van der Waals surface area contributed by atoms with Crippen LogP contribution >= 0.6 is 0 Å². The van der Waals surface area contributed by atoms with Gasteiger partial charge in [-0.2, -0.15) is 5.10 Å². The molecule has 1 saturated heterocycles. The molecule has 12 heteroatoms.